The molecule has 2 aromatic carbocycles. The number of non-ortho nitro benzene ring substituents is 1. The van der Waals surface area contributed by atoms with Crippen LogP contribution in [0.25, 0.3) is 5.69 Å². The van der Waals surface area contributed by atoms with Gasteiger partial charge in [-0.25, -0.2) is 13.1 Å². The van der Waals surface area contributed by atoms with Crippen molar-refractivity contribution in [2.45, 2.75) is 24.7 Å². The van der Waals surface area contributed by atoms with E-state index in [1.165, 1.54) is 40.4 Å². The van der Waals surface area contributed by atoms with Gasteiger partial charge in [0.05, 0.1) is 28.3 Å². The highest BCUT2D eigenvalue weighted by atomic mass is 32.2. The number of anilines is 1. The standard InChI is InChI=1S/C23H25N5O6S/c1-16-15-22(27(25-16)18-3-5-19(6-4-18)28(30)31)24-23(29)17-11-13-26(14-12-17)35(32,33)21-9-7-20(34-2)8-10-21/h3-10,15,17H,11-14H2,1-2H3,(H,24,29). The number of sulfonamides is 1. The van der Waals surface area contributed by atoms with Crippen molar-refractivity contribution in [1.29, 1.82) is 0 Å². The molecule has 1 aromatic heterocycles. The first-order chi connectivity index (χ1) is 16.7. The van der Waals surface area contributed by atoms with Crippen molar-refractivity contribution in [3.8, 4) is 11.4 Å². The van der Waals surface area contributed by atoms with E-state index < -0.39 is 14.9 Å². The number of ether oxygens (including phenoxy) is 1. The molecule has 1 fully saturated rings. The van der Waals surface area contributed by atoms with Gasteiger partial charge in [0, 0.05) is 37.2 Å². The van der Waals surface area contributed by atoms with Crippen molar-refractivity contribution in [2.24, 2.45) is 5.92 Å². The largest absolute Gasteiger partial charge is 0.497 e. The van der Waals surface area contributed by atoms with E-state index in [4.69, 9.17) is 4.74 Å². The van der Waals surface area contributed by atoms with E-state index in [0.717, 1.165) is 0 Å². The number of nitro groups is 1. The second-order valence-corrected chi connectivity index (χ2v) is 10.1. The van der Waals surface area contributed by atoms with Gasteiger partial charge in [-0.05, 0) is 56.2 Å². The first kappa shape index (κ1) is 24.4. The molecule has 1 aliphatic rings. The van der Waals surface area contributed by atoms with Gasteiger partial charge in [-0.1, -0.05) is 0 Å². The Morgan fingerprint density at radius 2 is 1.74 bits per heavy atom. The summed E-state index contributed by atoms with van der Waals surface area (Å²) >= 11 is 0. The molecule has 0 unspecified atom stereocenters. The number of rotatable bonds is 7. The van der Waals surface area contributed by atoms with E-state index in [0.29, 0.717) is 35.8 Å². The fraction of sp³-hybridized carbons (Fsp3) is 0.304. The third kappa shape index (κ3) is 5.17. The van der Waals surface area contributed by atoms with Gasteiger partial charge in [-0.3, -0.25) is 14.9 Å². The lowest BCUT2D eigenvalue weighted by molar-refractivity contribution is -0.384. The van der Waals surface area contributed by atoms with E-state index >= 15 is 0 Å². The number of nitrogens with zero attached hydrogens (tertiary/aromatic N) is 4. The zero-order chi connectivity index (χ0) is 25.2. The second kappa shape index (κ2) is 9.84. The van der Waals surface area contributed by atoms with Crippen LogP contribution in [-0.2, 0) is 14.8 Å². The third-order valence-electron chi connectivity index (χ3n) is 5.91. The van der Waals surface area contributed by atoms with E-state index in [1.807, 2.05) is 0 Å². The molecule has 1 aliphatic heterocycles. The van der Waals surface area contributed by atoms with Crippen LogP contribution >= 0.6 is 0 Å². The average Bonchev–Trinajstić information content (AvgIpc) is 3.23. The average molecular weight is 500 g/mol. The first-order valence-electron chi connectivity index (χ1n) is 11.0. The van der Waals surface area contributed by atoms with Gasteiger partial charge in [-0.2, -0.15) is 9.40 Å². The van der Waals surface area contributed by atoms with Gasteiger partial charge in [-0.15, -0.1) is 0 Å². The molecular formula is C23H25N5O6S. The maximum Gasteiger partial charge on any atom is 0.269 e. The van der Waals surface area contributed by atoms with Gasteiger partial charge in [0.1, 0.15) is 11.6 Å². The van der Waals surface area contributed by atoms with E-state index in [9.17, 15) is 23.3 Å². The summed E-state index contributed by atoms with van der Waals surface area (Å²) in [6, 6.07) is 13.8. The summed E-state index contributed by atoms with van der Waals surface area (Å²) in [6.07, 6.45) is 0.762. The number of nitro benzene ring substituents is 1. The molecule has 2 heterocycles. The van der Waals surface area contributed by atoms with Gasteiger partial charge >= 0.3 is 0 Å². The Balaban J connectivity index is 1.42. The number of piperidine rings is 1. The predicted molar refractivity (Wildman–Crippen MR) is 128 cm³/mol. The Morgan fingerprint density at radius 3 is 2.31 bits per heavy atom. The molecule has 0 radical (unpaired) electrons. The molecule has 11 nitrogen and oxygen atoms in total. The molecule has 12 heteroatoms. The Labute approximate surface area is 202 Å². The molecule has 35 heavy (non-hydrogen) atoms. The molecule has 4 rings (SSSR count). The number of hydrogen-bond donors (Lipinski definition) is 1. The summed E-state index contributed by atoms with van der Waals surface area (Å²) in [7, 11) is -2.15. The smallest absolute Gasteiger partial charge is 0.269 e. The van der Waals surface area contributed by atoms with Gasteiger partial charge in [0.25, 0.3) is 5.69 Å². The molecule has 1 amide bonds. The molecule has 3 aromatic rings. The highest BCUT2D eigenvalue weighted by Crippen LogP contribution is 2.27. The number of methoxy groups -OCH3 is 1. The van der Waals surface area contributed by atoms with E-state index in [2.05, 4.69) is 10.4 Å². The quantitative estimate of drug-likeness (QED) is 0.389. The van der Waals surface area contributed by atoms with Crippen LogP contribution in [0.3, 0.4) is 0 Å². The Morgan fingerprint density at radius 1 is 1.11 bits per heavy atom. The lowest BCUT2D eigenvalue weighted by atomic mass is 9.97. The summed E-state index contributed by atoms with van der Waals surface area (Å²) in [4.78, 5) is 23.6. The minimum atomic E-state index is -3.66. The molecular weight excluding hydrogens is 474 g/mol. The zero-order valence-corrected chi connectivity index (χ0v) is 20.1. The summed E-state index contributed by atoms with van der Waals surface area (Å²) in [5.74, 6) is 0.421. The fourth-order valence-corrected chi connectivity index (χ4v) is 5.45. The zero-order valence-electron chi connectivity index (χ0n) is 19.2. The number of aryl methyl sites for hydroxylation is 1. The Kier molecular flexibility index (Phi) is 6.85. The summed E-state index contributed by atoms with van der Waals surface area (Å²) < 4.78 is 33.9. The van der Waals surface area contributed by atoms with Crippen LogP contribution in [0, 0.1) is 23.0 Å². The summed E-state index contributed by atoms with van der Waals surface area (Å²) in [5.41, 5.74) is 1.19. The van der Waals surface area contributed by atoms with Gasteiger partial charge in [0.15, 0.2) is 0 Å². The number of benzene rings is 2. The van der Waals surface area contributed by atoms with Gasteiger partial charge in [0.2, 0.25) is 15.9 Å². The minimum Gasteiger partial charge on any atom is -0.497 e. The Hall–Kier alpha value is -3.77. The summed E-state index contributed by atoms with van der Waals surface area (Å²) in [6.45, 7) is 2.24. The molecule has 184 valence electrons. The monoisotopic (exact) mass is 499 g/mol. The van der Waals surface area contributed by atoms with Crippen molar-refractivity contribution in [3.63, 3.8) is 0 Å². The van der Waals surface area contributed by atoms with E-state index in [-0.39, 0.29) is 35.5 Å². The van der Waals surface area contributed by atoms with Crippen LogP contribution in [0.15, 0.2) is 59.5 Å². The Bertz CT molecular complexity index is 1330. The highest BCUT2D eigenvalue weighted by molar-refractivity contribution is 7.89. The van der Waals surface area contributed by atoms with Crippen LogP contribution in [0.2, 0.25) is 0 Å². The van der Waals surface area contributed by atoms with Crippen molar-refractivity contribution >= 4 is 27.4 Å². The molecule has 1 N–H and O–H groups in total. The number of amides is 1. The van der Waals surface area contributed by atoms with Crippen molar-refractivity contribution in [3.05, 3.63) is 70.4 Å². The maximum absolute atomic E-state index is 13.0. The van der Waals surface area contributed by atoms with Crippen LogP contribution in [-0.4, -0.2) is 53.5 Å². The van der Waals surface area contributed by atoms with Crippen LogP contribution in [0.1, 0.15) is 18.5 Å². The first-order valence-corrected chi connectivity index (χ1v) is 12.4. The molecule has 0 spiro atoms. The van der Waals surface area contributed by atoms with Gasteiger partial charge < -0.3 is 10.1 Å². The number of carbonyl (C=O) groups is 1. The SMILES string of the molecule is COc1ccc(S(=O)(=O)N2CCC(C(=O)Nc3cc(C)nn3-c3ccc([N+](=O)[O-])cc3)CC2)cc1. The number of hydrogen-bond acceptors (Lipinski definition) is 7. The number of aromatic nitrogens is 2. The lowest BCUT2D eigenvalue weighted by Crippen LogP contribution is -2.41. The minimum absolute atomic E-state index is 0.0421. The molecule has 0 saturated carbocycles. The van der Waals surface area contributed by atoms with Crippen LogP contribution in [0.4, 0.5) is 11.5 Å². The van der Waals surface area contributed by atoms with E-state index in [1.54, 1.807) is 37.3 Å². The highest BCUT2D eigenvalue weighted by Gasteiger charge is 2.32. The molecule has 1 saturated heterocycles. The topological polar surface area (TPSA) is 137 Å². The van der Waals surface area contributed by atoms with Crippen LogP contribution < -0.4 is 10.1 Å². The van der Waals surface area contributed by atoms with Crippen molar-refractivity contribution < 1.29 is 22.9 Å². The maximum atomic E-state index is 13.0. The molecule has 0 bridgehead atoms. The van der Waals surface area contributed by atoms with Crippen LogP contribution in [0.5, 0.6) is 5.75 Å². The number of carbonyl (C=O) groups excluding carboxylic acids is 1. The predicted octanol–water partition coefficient (Wildman–Crippen LogP) is 3.14. The number of nitrogens with one attached hydrogen (secondary N) is 1. The van der Waals surface area contributed by atoms with Crippen molar-refractivity contribution in [2.75, 3.05) is 25.5 Å². The second-order valence-electron chi connectivity index (χ2n) is 8.20. The molecule has 0 atom stereocenters. The fourth-order valence-electron chi connectivity index (χ4n) is 3.98. The lowest BCUT2D eigenvalue weighted by Gasteiger charge is -2.30. The summed E-state index contributed by atoms with van der Waals surface area (Å²) in [5, 5.41) is 18.2. The normalized spacial score (nSPS) is 15.0. The third-order valence-corrected chi connectivity index (χ3v) is 7.82. The van der Waals surface area contributed by atoms with Crippen molar-refractivity contribution in [1.82, 2.24) is 14.1 Å². The molecule has 0 aliphatic carbocycles.